The van der Waals surface area contributed by atoms with E-state index in [9.17, 15) is 9.59 Å². The number of hydrogen-bond acceptors (Lipinski definition) is 8. The second-order valence-corrected chi connectivity index (χ2v) is 12.2. The Labute approximate surface area is 253 Å². The lowest BCUT2D eigenvalue weighted by molar-refractivity contribution is -0.139. The molecule has 0 bridgehead atoms. The number of amides is 2. The van der Waals surface area contributed by atoms with Gasteiger partial charge in [0.15, 0.2) is 0 Å². The van der Waals surface area contributed by atoms with Crippen LogP contribution in [0.5, 0.6) is 0 Å². The minimum Gasteiger partial charge on any atom is -0.442 e. The predicted molar refractivity (Wildman–Crippen MR) is 164 cm³/mol. The monoisotopic (exact) mass is 589 g/mol. The van der Waals surface area contributed by atoms with Crippen LogP contribution in [-0.4, -0.2) is 112 Å². The number of piperidine rings is 1. The van der Waals surface area contributed by atoms with Gasteiger partial charge in [0.1, 0.15) is 6.10 Å². The van der Waals surface area contributed by atoms with Gasteiger partial charge >= 0.3 is 6.09 Å². The molecule has 0 unspecified atom stereocenters. The molecule has 0 N–H and O–H groups in total. The first kappa shape index (κ1) is 29.4. The van der Waals surface area contributed by atoms with Crippen LogP contribution in [0.25, 0.3) is 16.8 Å². The Hall–Kier alpha value is -3.70. The molecule has 6 heterocycles. The number of carbonyl (C=O) groups is 2. The van der Waals surface area contributed by atoms with Crippen molar-refractivity contribution in [2.24, 2.45) is 0 Å². The fourth-order valence-corrected chi connectivity index (χ4v) is 6.55. The van der Waals surface area contributed by atoms with E-state index in [1.54, 1.807) is 9.80 Å². The highest BCUT2D eigenvalue weighted by molar-refractivity contribution is 5.79. The van der Waals surface area contributed by atoms with Gasteiger partial charge in [0.2, 0.25) is 5.91 Å². The van der Waals surface area contributed by atoms with Crippen LogP contribution in [0, 0.1) is 0 Å². The summed E-state index contributed by atoms with van der Waals surface area (Å²) in [5, 5.41) is 4.57. The molecule has 0 radical (unpaired) electrons. The summed E-state index contributed by atoms with van der Waals surface area (Å²) in [5.41, 5.74) is 4.85. The number of likely N-dealkylation sites (tertiary alicyclic amines) is 2. The van der Waals surface area contributed by atoms with Crippen molar-refractivity contribution in [2.45, 2.75) is 58.3 Å². The number of ether oxygens (including phenoxy) is 2. The minimum atomic E-state index is -0.302. The fraction of sp³-hybridized carbons (Fsp3) is 0.562. The third-order valence-electron chi connectivity index (χ3n) is 9.27. The molecule has 3 aromatic rings. The maximum absolute atomic E-state index is 12.7. The van der Waals surface area contributed by atoms with Crippen molar-refractivity contribution in [1.82, 2.24) is 29.3 Å². The molecule has 230 valence electrons. The number of nitrogens with zero attached hydrogens (tertiary/aromatic N) is 7. The summed E-state index contributed by atoms with van der Waals surface area (Å²) in [4.78, 5) is 37.2. The molecule has 3 saturated heterocycles. The first-order valence-corrected chi connectivity index (χ1v) is 15.5. The third-order valence-corrected chi connectivity index (χ3v) is 9.27. The van der Waals surface area contributed by atoms with Gasteiger partial charge in [-0.2, -0.15) is 5.10 Å². The van der Waals surface area contributed by atoms with Gasteiger partial charge in [-0.15, -0.1) is 0 Å². The molecule has 43 heavy (non-hydrogen) atoms. The number of fused-ring (bicyclic) bond motifs is 1. The van der Waals surface area contributed by atoms with Gasteiger partial charge in [0.25, 0.3) is 0 Å². The number of rotatable bonds is 7. The van der Waals surface area contributed by atoms with Gasteiger partial charge in [0.05, 0.1) is 35.6 Å². The molecule has 11 nitrogen and oxygen atoms in total. The topological polar surface area (TPSA) is 95.8 Å². The van der Waals surface area contributed by atoms with Crippen molar-refractivity contribution in [3.63, 3.8) is 0 Å². The second-order valence-electron chi connectivity index (χ2n) is 12.2. The lowest BCUT2D eigenvalue weighted by Gasteiger charge is -2.43. The Bertz CT molecular complexity index is 1430. The summed E-state index contributed by atoms with van der Waals surface area (Å²) >= 11 is 0. The van der Waals surface area contributed by atoms with Crippen LogP contribution in [0.15, 0.2) is 42.9 Å². The zero-order chi connectivity index (χ0) is 30.1. The van der Waals surface area contributed by atoms with Crippen LogP contribution in [0.4, 0.5) is 10.5 Å². The SMILES string of the molecule is CCOC1(c2ccc(-c3cc4c(N5CCN(C(=O)OC6CN(C(C)=O)C6)CC5)ccnn4c3)nc2)CCN(C(C)C)CC1. The van der Waals surface area contributed by atoms with Crippen LogP contribution in [0.2, 0.25) is 0 Å². The normalized spacial score (nSPS) is 19.6. The van der Waals surface area contributed by atoms with Gasteiger partial charge < -0.3 is 29.1 Å². The molecule has 11 heteroatoms. The Kier molecular flexibility index (Phi) is 8.28. The van der Waals surface area contributed by atoms with E-state index in [1.165, 1.54) is 6.92 Å². The Morgan fingerprint density at radius 3 is 2.40 bits per heavy atom. The van der Waals surface area contributed by atoms with Crippen molar-refractivity contribution in [3.05, 3.63) is 48.4 Å². The third kappa shape index (κ3) is 5.92. The highest BCUT2D eigenvalue weighted by Crippen LogP contribution is 2.38. The zero-order valence-electron chi connectivity index (χ0n) is 25.7. The van der Waals surface area contributed by atoms with Crippen LogP contribution in [0.1, 0.15) is 46.1 Å². The number of pyridine rings is 1. The van der Waals surface area contributed by atoms with E-state index in [0.29, 0.717) is 51.9 Å². The summed E-state index contributed by atoms with van der Waals surface area (Å²) < 4.78 is 13.9. The van der Waals surface area contributed by atoms with Crippen molar-refractivity contribution in [1.29, 1.82) is 0 Å². The van der Waals surface area contributed by atoms with Gasteiger partial charge in [-0.05, 0) is 51.8 Å². The van der Waals surface area contributed by atoms with Crippen molar-refractivity contribution in [3.8, 4) is 11.3 Å². The summed E-state index contributed by atoms with van der Waals surface area (Å²) in [5.74, 6) is 0.0126. The van der Waals surface area contributed by atoms with Crippen molar-refractivity contribution in [2.75, 3.05) is 63.9 Å². The summed E-state index contributed by atoms with van der Waals surface area (Å²) in [7, 11) is 0. The van der Waals surface area contributed by atoms with Crippen LogP contribution < -0.4 is 4.90 Å². The van der Waals surface area contributed by atoms with Crippen LogP contribution >= 0.6 is 0 Å². The van der Waals surface area contributed by atoms with Crippen molar-refractivity contribution >= 4 is 23.2 Å². The number of aromatic nitrogens is 3. The van der Waals surface area contributed by atoms with E-state index in [-0.39, 0.29) is 23.7 Å². The molecule has 0 spiro atoms. The first-order chi connectivity index (χ1) is 20.8. The largest absolute Gasteiger partial charge is 0.442 e. The lowest BCUT2D eigenvalue weighted by Crippen LogP contribution is -2.57. The maximum Gasteiger partial charge on any atom is 0.410 e. The molecular formula is C32H43N7O4. The molecule has 0 saturated carbocycles. The van der Waals surface area contributed by atoms with Crippen LogP contribution in [0.3, 0.4) is 0 Å². The maximum atomic E-state index is 12.7. The summed E-state index contributed by atoms with van der Waals surface area (Å²) in [6, 6.07) is 8.99. The van der Waals surface area contributed by atoms with Gasteiger partial charge in [0, 0.05) is 88.6 Å². The fourth-order valence-electron chi connectivity index (χ4n) is 6.55. The molecule has 0 atom stereocenters. The molecule has 6 rings (SSSR count). The van der Waals surface area contributed by atoms with E-state index in [0.717, 1.165) is 54.0 Å². The predicted octanol–water partition coefficient (Wildman–Crippen LogP) is 3.62. The van der Waals surface area contributed by atoms with Crippen LogP contribution in [-0.2, 0) is 19.9 Å². The summed E-state index contributed by atoms with van der Waals surface area (Å²) in [6.07, 6.45) is 7.25. The van der Waals surface area contributed by atoms with Gasteiger partial charge in [-0.1, -0.05) is 6.07 Å². The van der Waals surface area contributed by atoms with E-state index < -0.39 is 0 Å². The molecule has 0 aliphatic carbocycles. The smallest absolute Gasteiger partial charge is 0.410 e. The van der Waals surface area contributed by atoms with E-state index in [2.05, 4.69) is 53.9 Å². The molecule has 3 aliphatic heterocycles. The number of hydrogen-bond donors (Lipinski definition) is 0. The quantitative estimate of drug-likeness (QED) is 0.413. The summed E-state index contributed by atoms with van der Waals surface area (Å²) in [6.45, 7) is 14.3. The highest BCUT2D eigenvalue weighted by Gasteiger charge is 2.38. The molecule has 0 aromatic carbocycles. The van der Waals surface area contributed by atoms with Gasteiger partial charge in [-0.3, -0.25) is 9.78 Å². The average molecular weight is 590 g/mol. The lowest BCUT2D eigenvalue weighted by atomic mass is 9.84. The number of anilines is 1. The molecule has 3 fully saturated rings. The zero-order valence-corrected chi connectivity index (χ0v) is 25.7. The van der Waals surface area contributed by atoms with E-state index in [1.807, 2.05) is 29.2 Å². The number of carbonyl (C=O) groups excluding carboxylic acids is 2. The van der Waals surface area contributed by atoms with Crippen molar-refractivity contribution < 1.29 is 19.1 Å². The molecule has 2 amide bonds. The Morgan fingerprint density at radius 1 is 1.02 bits per heavy atom. The molecule has 3 aromatic heterocycles. The standard InChI is InChI=1S/C32H43N7O4/c1-5-42-32(9-12-35(13-10-32)23(2)3)26-6-7-28(33-19-26)25-18-30-29(8-11-34-39(30)20-25)36-14-16-37(17-15-36)31(41)43-27-21-38(22-27)24(4)40/h6-8,11,18-20,23,27H,5,9-10,12-17,21-22H2,1-4H3. The molecule has 3 aliphatic rings. The van der Waals surface area contributed by atoms with E-state index >= 15 is 0 Å². The average Bonchev–Trinajstić information content (AvgIpc) is 3.44. The Morgan fingerprint density at radius 2 is 1.77 bits per heavy atom. The first-order valence-electron chi connectivity index (χ1n) is 15.5. The van der Waals surface area contributed by atoms with Gasteiger partial charge in [-0.25, -0.2) is 9.31 Å². The van der Waals surface area contributed by atoms with E-state index in [4.69, 9.17) is 14.5 Å². The molecular weight excluding hydrogens is 546 g/mol. The second kappa shape index (κ2) is 12.1. The highest BCUT2D eigenvalue weighted by atomic mass is 16.6. The Balaban J connectivity index is 1.12. The number of piperazine rings is 1. The minimum absolute atomic E-state index is 0.0126.